The van der Waals surface area contributed by atoms with Crippen LogP contribution in [0.2, 0.25) is 0 Å². The third-order valence-electron chi connectivity index (χ3n) is 4.66. The Morgan fingerprint density at radius 3 is 2.10 bits per heavy atom. The van der Waals surface area contributed by atoms with Gasteiger partial charge in [-0.05, 0) is 47.1 Å². The highest BCUT2D eigenvalue weighted by atomic mass is 14.2. The first-order valence-electron chi connectivity index (χ1n) is 8.82. The van der Waals surface area contributed by atoms with E-state index in [0.29, 0.717) is 0 Å². The Bertz CT molecular complexity index is 545. The van der Waals surface area contributed by atoms with Crippen LogP contribution in [0, 0.1) is 0 Å². The Balaban J connectivity index is 2.47. The summed E-state index contributed by atoms with van der Waals surface area (Å²) in [5.74, 6) is 0.742. The largest absolute Gasteiger partial charge is 0.0654 e. The molecule has 0 heterocycles. The van der Waals surface area contributed by atoms with Crippen molar-refractivity contribution in [3.05, 3.63) is 47.5 Å². The fraction of sp³-hybridized carbons (Fsp3) is 0.524. The fourth-order valence-electron chi connectivity index (χ4n) is 3.47. The smallest absolute Gasteiger partial charge is 0.0146 e. The number of benzene rings is 2. The second-order valence-corrected chi connectivity index (χ2v) is 6.19. The molecule has 0 atom stereocenters. The number of fused-ring (bicyclic) bond motifs is 1. The molecule has 0 fully saturated rings. The highest BCUT2D eigenvalue weighted by molar-refractivity contribution is 5.87. The van der Waals surface area contributed by atoms with Crippen molar-refractivity contribution in [3.8, 4) is 0 Å². The molecule has 0 aliphatic rings. The Hall–Kier alpha value is -1.30. The topological polar surface area (TPSA) is 0 Å². The lowest BCUT2D eigenvalue weighted by Crippen LogP contribution is -2.04. The Kier molecular flexibility index (Phi) is 6.29. The molecule has 0 unspecified atom stereocenters. The van der Waals surface area contributed by atoms with Gasteiger partial charge in [0.25, 0.3) is 0 Å². The van der Waals surface area contributed by atoms with Gasteiger partial charge in [0.1, 0.15) is 0 Å². The van der Waals surface area contributed by atoms with Crippen LogP contribution in [0.15, 0.2) is 36.4 Å². The summed E-state index contributed by atoms with van der Waals surface area (Å²) in [5, 5.41) is 2.90. The number of hydrogen-bond donors (Lipinski definition) is 0. The molecule has 0 radical (unpaired) electrons. The molecule has 0 heteroatoms. The van der Waals surface area contributed by atoms with Crippen molar-refractivity contribution in [1.82, 2.24) is 0 Å². The first kappa shape index (κ1) is 16.1. The van der Waals surface area contributed by atoms with Gasteiger partial charge in [-0.3, -0.25) is 0 Å². The quantitative estimate of drug-likeness (QED) is 0.495. The average molecular weight is 282 g/mol. The third-order valence-corrected chi connectivity index (χ3v) is 4.66. The van der Waals surface area contributed by atoms with Gasteiger partial charge in [-0.25, -0.2) is 0 Å². The number of rotatable bonds is 8. The molecule has 0 N–H and O–H groups in total. The summed E-state index contributed by atoms with van der Waals surface area (Å²) in [7, 11) is 0. The van der Waals surface area contributed by atoms with Crippen molar-refractivity contribution in [2.45, 2.75) is 71.6 Å². The molecule has 0 aliphatic heterocycles. The van der Waals surface area contributed by atoms with Gasteiger partial charge in [0.05, 0.1) is 0 Å². The van der Waals surface area contributed by atoms with E-state index in [1.54, 1.807) is 11.1 Å². The van der Waals surface area contributed by atoms with Crippen LogP contribution in [0.3, 0.4) is 0 Å². The van der Waals surface area contributed by atoms with E-state index >= 15 is 0 Å². The van der Waals surface area contributed by atoms with E-state index in [0.717, 1.165) is 12.3 Å². The van der Waals surface area contributed by atoms with Crippen LogP contribution in [0.5, 0.6) is 0 Å². The Labute approximate surface area is 130 Å². The van der Waals surface area contributed by atoms with Crippen molar-refractivity contribution in [2.24, 2.45) is 0 Å². The van der Waals surface area contributed by atoms with Crippen molar-refractivity contribution >= 4 is 10.8 Å². The van der Waals surface area contributed by atoms with Crippen LogP contribution in [0.4, 0.5) is 0 Å². The van der Waals surface area contributed by atoms with Crippen LogP contribution in [-0.4, -0.2) is 0 Å². The molecule has 2 rings (SSSR count). The van der Waals surface area contributed by atoms with E-state index in [1.807, 2.05) is 0 Å². The van der Waals surface area contributed by atoms with Crippen LogP contribution < -0.4 is 0 Å². The number of unbranched alkanes of at least 4 members (excludes halogenated alkanes) is 2. The van der Waals surface area contributed by atoms with E-state index in [4.69, 9.17) is 0 Å². The summed E-state index contributed by atoms with van der Waals surface area (Å²) in [5.41, 5.74) is 3.21. The summed E-state index contributed by atoms with van der Waals surface area (Å²) in [6.07, 6.45) is 9.13. The van der Waals surface area contributed by atoms with Gasteiger partial charge >= 0.3 is 0 Å². The maximum Gasteiger partial charge on any atom is -0.0146 e. The molecule has 114 valence electrons. The molecule has 0 saturated carbocycles. The molecular weight excluding hydrogens is 252 g/mol. The van der Waals surface area contributed by atoms with Gasteiger partial charge < -0.3 is 0 Å². The lowest BCUT2D eigenvalue weighted by atomic mass is 9.82. The Morgan fingerprint density at radius 2 is 1.48 bits per heavy atom. The van der Waals surface area contributed by atoms with E-state index in [2.05, 4.69) is 57.2 Å². The van der Waals surface area contributed by atoms with Crippen molar-refractivity contribution in [2.75, 3.05) is 0 Å². The lowest BCUT2D eigenvalue weighted by Gasteiger charge is -2.22. The molecular formula is C21H30. The zero-order valence-electron chi connectivity index (χ0n) is 14.0. The van der Waals surface area contributed by atoms with Crippen molar-refractivity contribution in [1.29, 1.82) is 0 Å². The van der Waals surface area contributed by atoms with Gasteiger partial charge in [0.15, 0.2) is 0 Å². The predicted octanol–water partition coefficient (Wildman–Crippen LogP) is 6.87. The van der Waals surface area contributed by atoms with Crippen LogP contribution in [0.25, 0.3) is 10.8 Å². The fourth-order valence-corrected chi connectivity index (χ4v) is 3.47. The van der Waals surface area contributed by atoms with E-state index < -0.39 is 0 Å². The third kappa shape index (κ3) is 3.87. The molecule has 2 aromatic carbocycles. The van der Waals surface area contributed by atoms with Crippen molar-refractivity contribution in [3.63, 3.8) is 0 Å². The molecule has 0 bridgehead atoms. The maximum atomic E-state index is 2.36. The molecule has 0 spiro atoms. The lowest BCUT2D eigenvalue weighted by molar-refractivity contribution is 0.525. The minimum Gasteiger partial charge on any atom is -0.0654 e. The highest BCUT2D eigenvalue weighted by Crippen LogP contribution is 2.35. The molecule has 0 aliphatic carbocycles. The second-order valence-electron chi connectivity index (χ2n) is 6.19. The molecule has 0 saturated heterocycles. The number of hydrogen-bond acceptors (Lipinski definition) is 0. The summed E-state index contributed by atoms with van der Waals surface area (Å²) < 4.78 is 0. The summed E-state index contributed by atoms with van der Waals surface area (Å²) in [6, 6.07) is 13.6. The van der Waals surface area contributed by atoms with E-state index in [-0.39, 0.29) is 0 Å². The first-order valence-corrected chi connectivity index (χ1v) is 8.82. The molecule has 0 nitrogen and oxygen atoms in total. The highest BCUT2D eigenvalue weighted by Gasteiger charge is 2.17. The van der Waals surface area contributed by atoms with Gasteiger partial charge in [0, 0.05) is 0 Å². The molecule has 21 heavy (non-hydrogen) atoms. The minimum absolute atomic E-state index is 0.742. The second kappa shape index (κ2) is 8.22. The van der Waals surface area contributed by atoms with E-state index in [9.17, 15) is 0 Å². The molecule has 0 amide bonds. The van der Waals surface area contributed by atoms with Crippen LogP contribution >= 0.6 is 0 Å². The van der Waals surface area contributed by atoms with Gasteiger partial charge in [0.2, 0.25) is 0 Å². The van der Waals surface area contributed by atoms with Crippen LogP contribution in [-0.2, 0) is 6.42 Å². The van der Waals surface area contributed by atoms with Gasteiger partial charge in [-0.1, -0.05) is 82.9 Å². The normalized spacial score (nSPS) is 11.4. The number of aryl methyl sites for hydroxylation is 1. The summed E-state index contributed by atoms with van der Waals surface area (Å²) >= 11 is 0. The zero-order valence-corrected chi connectivity index (χ0v) is 14.0. The monoisotopic (exact) mass is 282 g/mol. The van der Waals surface area contributed by atoms with Crippen LogP contribution in [0.1, 0.15) is 76.3 Å². The maximum absolute atomic E-state index is 2.36. The standard InChI is InChI=1S/C21H30/c1-4-7-11-19(12-8-5-2)21-17(6-3)15-16-18-13-9-10-14-20(18)21/h9-10,13-16,19H,4-8,11-12H2,1-3H3. The molecule has 0 aromatic heterocycles. The SMILES string of the molecule is CCCCC(CCCC)c1c(CC)ccc2ccccc12. The van der Waals surface area contributed by atoms with Crippen molar-refractivity contribution < 1.29 is 0 Å². The molecule has 2 aromatic rings. The summed E-state index contributed by atoms with van der Waals surface area (Å²) in [6.45, 7) is 6.91. The zero-order chi connectivity index (χ0) is 15.1. The van der Waals surface area contributed by atoms with Gasteiger partial charge in [-0.15, -0.1) is 0 Å². The summed E-state index contributed by atoms with van der Waals surface area (Å²) in [4.78, 5) is 0. The predicted molar refractivity (Wildman–Crippen MR) is 95.1 cm³/mol. The van der Waals surface area contributed by atoms with Gasteiger partial charge in [-0.2, -0.15) is 0 Å². The van der Waals surface area contributed by atoms with E-state index in [1.165, 1.54) is 49.3 Å². The first-order chi connectivity index (χ1) is 10.3. The average Bonchev–Trinajstić information content (AvgIpc) is 2.54. The minimum atomic E-state index is 0.742. The Morgan fingerprint density at radius 1 is 0.810 bits per heavy atom.